The summed E-state index contributed by atoms with van der Waals surface area (Å²) in [4.78, 5) is 40.2. The lowest BCUT2D eigenvalue weighted by molar-refractivity contribution is -0.120. The van der Waals surface area contributed by atoms with Gasteiger partial charge in [0, 0.05) is 38.1 Å². The van der Waals surface area contributed by atoms with Gasteiger partial charge in [-0.3, -0.25) is 14.2 Å². The fourth-order valence-corrected chi connectivity index (χ4v) is 3.68. The molecule has 1 amide bonds. The summed E-state index contributed by atoms with van der Waals surface area (Å²) in [6, 6.07) is 10.4. The average molecular weight is 420 g/mol. The maximum atomic E-state index is 12.9. The molecular formula is C22H24N6O3. The van der Waals surface area contributed by atoms with Crippen LogP contribution in [0.1, 0.15) is 12.8 Å². The summed E-state index contributed by atoms with van der Waals surface area (Å²) in [5, 5.41) is 2.97. The van der Waals surface area contributed by atoms with Crippen LogP contribution in [0.25, 0.3) is 11.4 Å². The molecule has 9 nitrogen and oxygen atoms in total. The third kappa shape index (κ3) is 4.55. The van der Waals surface area contributed by atoms with Crippen LogP contribution >= 0.6 is 0 Å². The first-order valence-electron chi connectivity index (χ1n) is 10.1. The Morgan fingerprint density at radius 2 is 2.00 bits per heavy atom. The number of benzene rings is 1. The predicted octanol–water partition coefficient (Wildman–Crippen LogP) is 2.10. The van der Waals surface area contributed by atoms with Crippen molar-refractivity contribution in [2.45, 2.75) is 12.8 Å². The summed E-state index contributed by atoms with van der Waals surface area (Å²) >= 11 is 0. The number of piperidine rings is 1. The molecule has 1 aromatic carbocycles. The standard InChI is InChI=1S/C22H24N6O3/c1-27-20(29)12-19(18-9-10-23-14-24-18)26-22(27)28-11-3-4-15(13-28)21(30)25-16-5-7-17(31-2)8-6-16/h5-10,12,14-15H,3-4,11,13H2,1-2H3,(H,25,30). The van der Waals surface area contributed by atoms with Crippen LogP contribution < -0.4 is 20.5 Å². The molecule has 0 radical (unpaired) electrons. The summed E-state index contributed by atoms with van der Waals surface area (Å²) < 4.78 is 6.66. The number of ether oxygens (including phenoxy) is 1. The number of hydrogen-bond acceptors (Lipinski definition) is 7. The van der Waals surface area contributed by atoms with Crippen molar-refractivity contribution in [2.75, 3.05) is 30.4 Å². The van der Waals surface area contributed by atoms with E-state index in [1.54, 1.807) is 38.6 Å². The molecule has 0 spiro atoms. The van der Waals surface area contributed by atoms with Gasteiger partial charge in [-0.25, -0.2) is 15.0 Å². The number of amides is 1. The highest BCUT2D eigenvalue weighted by Crippen LogP contribution is 2.24. The molecule has 1 atom stereocenters. The van der Waals surface area contributed by atoms with Crippen molar-refractivity contribution in [1.29, 1.82) is 0 Å². The van der Waals surface area contributed by atoms with Crippen molar-refractivity contribution >= 4 is 17.5 Å². The number of methoxy groups -OCH3 is 1. The van der Waals surface area contributed by atoms with Gasteiger partial charge in [0.15, 0.2) is 0 Å². The van der Waals surface area contributed by atoms with Gasteiger partial charge in [0.1, 0.15) is 12.1 Å². The summed E-state index contributed by atoms with van der Waals surface area (Å²) in [5.74, 6) is 1.00. The van der Waals surface area contributed by atoms with E-state index < -0.39 is 0 Å². The van der Waals surface area contributed by atoms with E-state index in [0.717, 1.165) is 30.8 Å². The number of nitrogens with one attached hydrogen (secondary N) is 1. The maximum Gasteiger partial charge on any atom is 0.255 e. The first-order chi connectivity index (χ1) is 15.0. The molecule has 4 rings (SSSR count). The van der Waals surface area contributed by atoms with Crippen molar-refractivity contribution < 1.29 is 9.53 Å². The second kappa shape index (κ2) is 8.95. The molecule has 1 aliphatic heterocycles. The van der Waals surface area contributed by atoms with E-state index in [0.29, 0.717) is 23.9 Å². The largest absolute Gasteiger partial charge is 0.497 e. The first kappa shape index (κ1) is 20.5. The predicted molar refractivity (Wildman–Crippen MR) is 117 cm³/mol. The van der Waals surface area contributed by atoms with Crippen LogP contribution in [0.4, 0.5) is 11.6 Å². The Morgan fingerprint density at radius 3 is 2.71 bits per heavy atom. The highest BCUT2D eigenvalue weighted by molar-refractivity contribution is 5.93. The minimum Gasteiger partial charge on any atom is -0.497 e. The number of aromatic nitrogens is 4. The number of carbonyl (C=O) groups excluding carboxylic acids is 1. The molecule has 1 fully saturated rings. The molecule has 9 heteroatoms. The van der Waals surface area contributed by atoms with Crippen LogP contribution in [0.5, 0.6) is 5.75 Å². The van der Waals surface area contributed by atoms with Gasteiger partial charge < -0.3 is 15.0 Å². The molecule has 0 bridgehead atoms. The second-order valence-electron chi connectivity index (χ2n) is 7.44. The minimum atomic E-state index is -0.213. The summed E-state index contributed by atoms with van der Waals surface area (Å²) in [6.45, 7) is 1.20. The molecule has 3 heterocycles. The van der Waals surface area contributed by atoms with Crippen LogP contribution in [0.2, 0.25) is 0 Å². The van der Waals surface area contributed by atoms with Gasteiger partial charge in [-0.15, -0.1) is 0 Å². The van der Waals surface area contributed by atoms with Crippen LogP contribution in [0.15, 0.2) is 53.7 Å². The molecule has 0 saturated carbocycles. The van der Waals surface area contributed by atoms with Gasteiger partial charge in [-0.2, -0.15) is 0 Å². The topological polar surface area (TPSA) is 102 Å². The summed E-state index contributed by atoms with van der Waals surface area (Å²) in [6.07, 6.45) is 4.64. The fourth-order valence-electron chi connectivity index (χ4n) is 3.68. The number of anilines is 2. The van der Waals surface area contributed by atoms with Crippen LogP contribution in [-0.2, 0) is 11.8 Å². The van der Waals surface area contributed by atoms with Crippen molar-refractivity contribution in [2.24, 2.45) is 13.0 Å². The second-order valence-corrected chi connectivity index (χ2v) is 7.44. The first-order valence-corrected chi connectivity index (χ1v) is 10.1. The molecule has 2 aromatic heterocycles. The lowest BCUT2D eigenvalue weighted by Crippen LogP contribution is -2.43. The van der Waals surface area contributed by atoms with E-state index in [9.17, 15) is 9.59 Å². The lowest BCUT2D eigenvalue weighted by Gasteiger charge is -2.33. The van der Waals surface area contributed by atoms with Crippen molar-refractivity contribution in [3.05, 3.63) is 59.3 Å². The smallest absolute Gasteiger partial charge is 0.255 e. The zero-order chi connectivity index (χ0) is 21.8. The van der Waals surface area contributed by atoms with E-state index in [1.165, 1.54) is 17.0 Å². The summed E-state index contributed by atoms with van der Waals surface area (Å²) in [7, 11) is 3.29. The molecule has 1 unspecified atom stereocenters. The molecule has 3 aromatic rings. The Labute approximate surface area is 179 Å². The van der Waals surface area contributed by atoms with E-state index in [2.05, 4.69) is 20.3 Å². The molecule has 160 valence electrons. The molecular weight excluding hydrogens is 396 g/mol. The van der Waals surface area contributed by atoms with E-state index in [-0.39, 0.29) is 17.4 Å². The fraction of sp³-hybridized carbons (Fsp3) is 0.318. The zero-order valence-corrected chi connectivity index (χ0v) is 17.5. The van der Waals surface area contributed by atoms with Crippen molar-refractivity contribution in [3.8, 4) is 17.1 Å². The third-order valence-electron chi connectivity index (χ3n) is 5.39. The highest BCUT2D eigenvalue weighted by Gasteiger charge is 2.28. The molecule has 31 heavy (non-hydrogen) atoms. The molecule has 1 N–H and O–H groups in total. The third-order valence-corrected chi connectivity index (χ3v) is 5.39. The van der Waals surface area contributed by atoms with Crippen molar-refractivity contribution in [3.63, 3.8) is 0 Å². The number of carbonyl (C=O) groups is 1. The Morgan fingerprint density at radius 1 is 1.19 bits per heavy atom. The van der Waals surface area contributed by atoms with Gasteiger partial charge in [-0.1, -0.05) is 0 Å². The van der Waals surface area contributed by atoms with E-state index >= 15 is 0 Å². The zero-order valence-electron chi connectivity index (χ0n) is 17.5. The van der Waals surface area contributed by atoms with Gasteiger partial charge in [0.05, 0.1) is 24.4 Å². The SMILES string of the molecule is COc1ccc(NC(=O)C2CCCN(c3nc(-c4ccncn4)cc(=O)n3C)C2)cc1. The Balaban J connectivity index is 1.53. The Kier molecular flexibility index (Phi) is 5.92. The van der Waals surface area contributed by atoms with Gasteiger partial charge in [0.25, 0.3) is 5.56 Å². The number of hydrogen-bond donors (Lipinski definition) is 1. The van der Waals surface area contributed by atoms with Gasteiger partial charge in [0.2, 0.25) is 11.9 Å². The quantitative estimate of drug-likeness (QED) is 0.674. The minimum absolute atomic E-state index is 0.0492. The molecule has 1 saturated heterocycles. The average Bonchev–Trinajstić information content (AvgIpc) is 2.82. The van der Waals surface area contributed by atoms with Gasteiger partial charge in [-0.05, 0) is 43.2 Å². The van der Waals surface area contributed by atoms with E-state index in [4.69, 9.17) is 4.74 Å². The van der Waals surface area contributed by atoms with Gasteiger partial charge >= 0.3 is 0 Å². The summed E-state index contributed by atoms with van der Waals surface area (Å²) in [5.41, 5.74) is 1.62. The highest BCUT2D eigenvalue weighted by atomic mass is 16.5. The lowest BCUT2D eigenvalue weighted by atomic mass is 9.97. The molecule has 1 aliphatic rings. The normalized spacial score (nSPS) is 16.1. The Bertz CT molecular complexity index is 1110. The van der Waals surface area contributed by atoms with E-state index in [1.807, 2.05) is 17.0 Å². The molecule has 0 aliphatic carbocycles. The van der Waals surface area contributed by atoms with Crippen molar-refractivity contribution in [1.82, 2.24) is 19.5 Å². The Hall–Kier alpha value is -3.75. The monoisotopic (exact) mass is 420 g/mol. The van der Waals surface area contributed by atoms with Crippen LogP contribution in [0, 0.1) is 5.92 Å². The van der Waals surface area contributed by atoms with Crippen LogP contribution in [-0.4, -0.2) is 45.6 Å². The van der Waals surface area contributed by atoms with Crippen LogP contribution in [0.3, 0.4) is 0 Å². The number of nitrogens with zero attached hydrogens (tertiary/aromatic N) is 5. The maximum absolute atomic E-state index is 12.9. The number of rotatable bonds is 5.